The highest BCUT2D eigenvalue weighted by Crippen LogP contribution is 2.75. The fourth-order valence-corrected chi connectivity index (χ4v) is 13.2. The van der Waals surface area contributed by atoms with Crippen molar-refractivity contribution in [3.05, 3.63) is 41.7 Å². The minimum Gasteiger partial charge on any atom is -0.462 e. The molecule has 0 N–H and O–H groups in total. The summed E-state index contributed by atoms with van der Waals surface area (Å²) in [5.41, 5.74) is 1.57. The first-order valence-corrected chi connectivity index (χ1v) is 19.1. The van der Waals surface area contributed by atoms with E-state index in [1.807, 2.05) is 18.5 Å². The van der Waals surface area contributed by atoms with E-state index in [0.29, 0.717) is 17.6 Å². The Kier molecular flexibility index (Phi) is 7.96. The van der Waals surface area contributed by atoms with E-state index in [9.17, 15) is 14.4 Å². The molecule has 6 nitrogen and oxygen atoms in total. The smallest absolute Gasteiger partial charge is 0.302 e. The molecule has 0 spiro atoms. The number of rotatable bonds is 3. The van der Waals surface area contributed by atoms with Gasteiger partial charge >= 0.3 is 5.97 Å². The first-order chi connectivity index (χ1) is 22.5. The molecule has 10 atom stereocenters. The second-order valence-corrected chi connectivity index (χ2v) is 19.0. The SMILES string of the molecule is CC(=O)O[C@@H]1CC[C@]2(C)[C@H](CC[C@]3(C)[C@@H]2C(=O)C=C2[C@@H]4C[C@](C)(C(=O)N5CCCC[C@@H]5c5cccnc5)CC[C@]4(C)CC[C@]23C)C1(C)C. The van der Waals surface area contributed by atoms with E-state index in [1.165, 1.54) is 12.5 Å². The van der Waals surface area contributed by atoms with Crippen LogP contribution in [0.1, 0.15) is 144 Å². The lowest BCUT2D eigenvalue weighted by atomic mass is 9.33. The maximum atomic E-state index is 14.8. The summed E-state index contributed by atoms with van der Waals surface area (Å²) in [6.45, 7) is 18.9. The molecule has 1 aromatic rings. The number of ether oxygens (including phenoxy) is 1. The Hall–Kier alpha value is -2.50. The van der Waals surface area contributed by atoms with Crippen molar-refractivity contribution in [1.82, 2.24) is 9.88 Å². The molecule has 0 aromatic carbocycles. The molecular formula is C42H60N2O4. The van der Waals surface area contributed by atoms with Crippen molar-refractivity contribution in [1.29, 1.82) is 0 Å². The van der Waals surface area contributed by atoms with E-state index in [1.54, 1.807) is 0 Å². The number of ketones is 1. The van der Waals surface area contributed by atoms with Crippen LogP contribution in [0, 0.1) is 50.2 Å². The van der Waals surface area contributed by atoms with Crippen molar-refractivity contribution in [2.75, 3.05) is 6.54 Å². The van der Waals surface area contributed by atoms with Crippen LogP contribution in [0.5, 0.6) is 0 Å². The van der Waals surface area contributed by atoms with Crippen molar-refractivity contribution in [3.8, 4) is 0 Å². The summed E-state index contributed by atoms with van der Waals surface area (Å²) in [5, 5.41) is 0. The van der Waals surface area contributed by atoms with Crippen LogP contribution in [-0.2, 0) is 19.1 Å². The third-order valence-electron chi connectivity index (χ3n) is 16.2. The number of piperidine rings is 1. The molecule has 5 aliphatic carbocycles. The van der Waals surface area contributed by atoms with Crippen LogP contribution < -0.4 is 0 Å². The Morgan fingerprint density at radius 1 is 0.917 bits per heavy atom. The number of pyridine rings is 1. The van der Waals surface area contributed by atoms with Crippen LogP contribution in [-0.4, -0.2) is 40.2 Å². The van der Waals surface area contributed by atoms with Gasteiger partial charge in [-0.05, 0) is 128 Å². The minimum absolute atomic E-state index is 0.0513. The van der Waals surface area contributed by atoms with E-state index in [0.717, 1.165) is 89.2 Å². The maximum absolute atomic E-state index is 14.8. The summed E-state index contributed by atoms with van der Waals surface area (Å²) in [6.07, 6.45) is 17.7. The molecule has 0 bridgehead atoms. The summed E-state index contributed by atoms with van der Waals surface area (Å²) >= 11 is 0. The average molecular weight is 657 g/mol. The number of nitrogens with zero attached hydrogens (tertiary/aromatic N) is 2. The number of hydrogen-bond donors (Lipinski definition) is 0. The van der Waals surface area contributed by atoms with Gasteiger partial charge in [-0.3, -0.25) is 19.4 Å². The van der Waals surface area contributed by atoms with E-state index in [-0.39, 0.29) is 57.0 Å². The van der Waals surface area contributed by atoms with Gasteiger partial charge in [-0.1, -0.05) is 60.1 Å². The molecule has 1 aromatic heterocycles. The number of esters is 1. The molecule has 0 unspecified atom stereocenters. The van der Waals surface area contributed by atoms with Crippen molar-refractivity contribution in [2.45, 2.75) is 145 Å². The van der Waals surface area contributed by atoms with Crippen molar-refractivity contribution >= 4 is 17.7 Å². The maximum Gasteiger partial charge on any atom is 0.302 e. The standard InChI is InChI=1S/C42H60N2O4/c1-27(45)48-34-15-16-40(6)33(37(34,2)3)14-17-42(8)35(40)32(46)24-29-30-25-39(5,19-18-38(30,4)20-21-41(29,42)7)36(47)44-23-10-9-13-31(44)28-12-11-22-43-26-28/h11-12,22,24,26,30-31,33-35H,9-10,13-21,23,25H2,1-8H3/t30-,31+,33+,34+,35+,38+,39+,40+,41+,42+/m0/s1. The Morgan fingerprint density at radius 2 is 1.67 bits per heavy atom. The molecule has 1 amide bonds. The quantitative estimate of drug-likeness (QED) is 0.304. The van der Waals surface area contributed by atoms with Crippen LogP contribution in [0.25, 0.3) is 0 Å². The highest BCUT2D eigenvalue weighted by atomic mass is 16.5. The van der Waals surface area contributed by atoms with E-state index < -0.39 is 5.41 Å². The number of fused-ring (bicyclic) bond motifs is 7. The first-order valence-electron chi connectivity index (χ1n) is 19.1. The number of carbonyl (C=O) groups excluding carboxylic acids is 3. The highest BCUT2D eigenvalue weighted by Gasteiger charge is 2.70. The van der Waals surface area contributed by atoms with Crippen LogP contribution in [0.4, 0.5) is 0 Å². The lowest BCUT2D eigenvalue weighted by molar-refractivity contribution is -0.210. The summed E-state index contributed by atoms with van der Waals surface area (Å²) in [7, 11) is 0. The molecule has 5 fully saturated rings. The molecule has 1 aliphatic heterocycles. The van der Waals surface area contributed by atoms with Gasteiger partial charge in [0.25, 0.3) is 0 Å². The second kappa shape index (κ2) is 11.3. The van der Waals surface area contributed by atoms with Crippen molar-refractivity contribution < 1.29 is 19.1 Å². The zero-order valence-corrected chi connectivity index (χ0v) is 31.0. The van der Waals surface area contributed by atoms with Crippen molar-refractivity contribution in [2.24, 2.45) is 50.2 Å². The molecule has 0 radical (unpaired) electrons. The van der Waals surface area contributed by atoms with E-state index in [2.05, 4.69) is 70.5 Å². The number of hydrogen-bond acceptors (Lipinski definition) is 5. The van der Waals surface area contributed by atoms with E-state index >= 15 is 0 Å². The fraction of sp³-hybridized carbons (Fsp3) is 0.762. The van der Waals surface area contributed by atoms with Gasteiger partial charge in [-0.2, -0.15) is 0 Å². The Morgan fingerprint density at radius 3 is 2.38 bits per heavy atom. The molecule has 4 saturated carbocycles. The normalized spacial score (nSPS) is 45.1. The fourth-order valence-electron chi connectivity index (χ4n) is 13.2. The topological polar surface area (TPSA) is 76.6 Å². The van der Waals surface area contributed by atoms with Gasteiger partial charge in [0.2, 0.25) is 5.91 Å². The summed E-state index contributed by atoms with van der Waals surface area (Å²) < 4.78 is 5.91. The van der Waals surface area contributed by atoms with Crippen molar-refractivity contribution in [3.63, 3.8) is 0 Å². The molecule has 7 rings (SSSR count). The second-order valence-electron chi connectivity index (χ2n) is 19.0. The molecule has 1 saturated heterocycles. The summed E-state index contributed by atoms with van der Waals surface area (Å²) in [6, 6.07) is 4.21. The molecule has 2 heterocycles. The van der Waals surface area contributed by atoms with Gasteiger partial charge in [0.05, 0.1) is 6.04 Å². The summed E-state index contributed by atoms with van der Waals surface area (Å²) in [5.74, 6) is 0.896. The average Bonchev–Trinajstić information content (AvgIpc) is 3.04. The molecule has 48 heavy (non-hydrogen) atoms. The lowest BCUT2D eigenvalue weighted by Crippen LogP contribution is -2.67. The molecule has 262 valence electrons. The minimum atomic E-state index is -0.454. The zero-order valence-electron chi connectivity index (χ0n) is 31.0. The monoisotopic (exact) mass is 656 g/mol. The lowest BCUT2D eigenvalue weighted by Gasteiger charge is -2.70. The van der Waals surface area contributed by atoms with Crippen LogP contribution >= 0.6 is 0 Å². The largest absolute Gasteiger partial charge is 0.462 e. The van der Waals surface area contributed by atoms with Gasteiger partial charge < -0.3 is 9.64 Å². The van der Waals surface area contributed by atoms with Gasteiger partial charge in [-0.25, -0.2) is 0 Å². The number of carbonyl (C=O) groups is 3. The van der Waals surface area contributed by atoms with Gasteiger partial charge in [0.15, 0.2) is 5.78 Å². The summed E-state index contributed by atoms with van der Waals surface area (Å²) in [4.78, 5) is 48.3. The van der Waals surface area contributed by atoms with Crippen LogP contribution in [0.3, 0.4) is 0 Å². The third kappa shape index (κ3) is 4.76. The third-order valence-corrected chi connectivity index (χ3v) is 16.2. The van der Waals surface area contributed by atoms with Crippen LogP contribution in [0.2, 0.25) is 0 Å². The zero-order chi connectivity index (χ0) is 34.5. The van der Waals surface area contributed by atoms with Gasteiger partial charge in [0.1, 0.15) is 6.10 Å². The predicted molar refractivity (Wildman–Crippen MR) is 188 cm³/mol. The Labute approximate surface area is 289 Å². The highest BCUT2D eigenvalue weighted by molar-refractivity contribution is 5.96. The van der Waals surface area contributed by atoms with Crippen LogP contribution in [0.15, 0.2) is 36.2 Å². The number of allylic oxidation sites excluding steroid dienone is 2. The number of amides is 1. The Bertz CT molecular complexity index is 1520. The van der Waals surface area contributed by atoms with E-state index in [4.69, 9.17) is 4.74 Å². The Balaban J connectivity index is 1.22. The van der Waals surface area contributed by atoms with Gasteiger partial charge in [-0.15, -0.1) is 0 Å². The molecular weight excluding hydrogens is 596 g/mol. The number of aromatic nitrogens is 1. The molecule has 6 heteroatoms. The van der Waals surface area contributed by atoms with Gasteiger partial charge in [0, 0.05) is 42.6 Å². The first kappa shape index (κ1) is 34.0. The molecule has 6 aliphatic rings. The number of likely N-dealkylation sites (tertiary alicyclic amines) is 1. The predicted octanol–water partition coefficient (Wildman–Crippen LogP) is 9.05.